The summed E-state index contributed by atoms with van der Waals surface area (Å²) < 4.78 is 2.28. The monoisotopic (exact) mass is 276 g/mol. The maximum atomic E-state index is 4.32. The highest BCUT2D eigenvalue weighted by molar-refractivity contribution is 5.01. The molecule has 0 aromatic carbocycles. The second-order valence-corrected chi connectivity index (χ2v) is 6.40. The number of rotatable bonds is 6. The van der Waals surface area contributed by atoms with Crippen molar-refractivity contribution in [1.29, 1.82) is 0 Å². The Balaban J connectivity index is 1.69. The Labute approximate surface area is 122 Å². The zero-order valence-corrected chi connectivity index (χ0v) is 12.9. The molecule has 4 heteroatoms. The van der Waals surface area contributed by atoms with Gasteiger partial charge in [0.25, 0.3) is 0 Å². The van der Waals surface area contributed by atoms with E-state index in [2.05, 4.69) is 33.6 Å². The van der Waals surface area contributed by atoms with Crippen molar-refractivity contribution in [3.05, 3.63) is 18.2 Å². The van der Waals surface area contributed by atoms with E-state index in [1.54, 1.807) is 0 Å². The Hall–Kier alpha value is -0.870. The summed E-state index contributed by atoms with van der Waals surface area (Å²) in [5.41, 5.74) is 1.37. The maximum Gasteiger partial charge on any atom is 0.0948 e. The first-order valence-corrected chi connectivity index (χ1v) is 8.29. The molecule has 1 N–H and O–H groups in total. The van der Waals surface area contributed by atoms with Crippen molar-refractivity contribution in [3.63, 3.8) is 0 Å². The second-order valence-electron chi connectivity index (χ2n) is 6.40. The molecule has 2 atom stereocenters. The van der Waals surface area contributed by atoms with Crippen LogP contribution in [0.25, 0.3) is 0 Å². The number of piperidine rings is 1. The van der Waals surface area contributed by atoms with Crippen LogP contribution >= 0.6 is 0 Å². The summed E-state index contributed by atoms with van der Waals surface area (Å²) in [7, 11) is 0. The molecule has 0 amide bonds. The van der Waals surface area contributed by atoms with Crippen LogP contribution in [0.2, 0.25) is 0 Å². The van der Waals surface area contributed by atoms with E-state index in [0.29, 0.717) is 0 Å². The van der Waals surface area contributed by atoms with Crippen LogP contribution < -0.4 is 5.32 Å². The molecule has 1 aromatic heterocycles. The number of fused-ring (bicyclic) bond motifs is 2. The minimum Gasteiger partial charge on any atom is -0.334 e. The molecule has 2 saturated heterocycles. The fourth-order valence-corrected chi connectivity index (χ4v) is 3.98. The number of nitrogens with zero attached hydrogens (tertiary/aromatic N) is 3. The highest BCUT2D eigenvalue weighted by Crippen LogP contribution is 2.30. The lowest BCUT2D eigenvalue weighted by molar-refractivity contribution is 0.131. The van der Waals surface area contributed by atoms with Crippen LogP contribution in [0, 0.1) is 0 Å². The van der Waals surface area contributed by atoms with E-state index in [0.717, 1.165) is 31.2 Å². The van der Waals surface area contributed by atoms with Gasteiger partial charge in [-0.2, -0.15) is 0 Å². The van der Waals surface area contributed by atoms with E-state index >= 15 is 0 Å². The number of hydrogen-bond donors (Lipinski definition) is 1. The Morgan fingerprint density at radius 3 is 2.70 bits per heavy atom. The summed E-state index contributed by atoms with van der Waals surface area (Å²) in [4.78, 5) is 7.02. The summed E-state index contributed by atoms with van der Waals surface area (Å²) in [5, 5.41) is 3.75. The predicted octanol–water partition coefficient (Wildman–Crippen LogP) is 2.40. The smallest absolute Gasteiger partial charge is 0.0948 e. The van der Waals surface area contributed by atoms with Crippen molar-refractivity contribution in [2.24, 2.45) is 0 Å². The van der Waals surface area contributed by atoms with Crippen molar-refractivity contribution in [3.8, 4) is 0 Å². The zero-order valence-electron chi connectivity index (χ0n) is 12.9. The lowest BCUT2D eigenvalue weighted by Gasteiger charge is -2.37. The molecule has 2 bridgehead atoms. The third-order valence-electron chi connectivity index (χ3n) is 4.98. The summed E-state index contributed by atoms with van der Waals surface area (Å²) >= 11 is 0. The number of aryl methyl sites for hydroxylation is 1. The van der Waals surface area contributed by atoms with Gasteiger partial charge >= 0.3 is 0 Å². The van der Waals surface area contributed by atoms with E-state index in [9.17, 15) is 0 Å². The molecule has 4 nitrogen and oxygen atoms in total. The Bertz CT molecular complexity index is 416. The third-order valence-corrected chi connectivity index (χ3v) is 4.98. The van der Waals surface area contributed by atoms with Gasteiger partial charge in [0.05, 0.1) is 12.0 Å². The lowest BCUT2D eigenvalue weighted by Crippen LogP contribution is -2.48. The quantitative estimate of drug-likeness (QED) is 0.866. The van der Waals surface area contributed by atoms with E-state index in [-0.39, 0.29) is 0 Å². The molecule has 2 aliphatic rings. The van der Waals surface area contributed by atoms with E-state index < -0.39 is 0 Å². The Morgan fingerprint density at radius 2 is 2.05 bits per heavy atom. The first-order valence-electron chi connectivity index (χ1n) is 8.29. The van der Waals surface area contributed by atoms with Gasteiger partial charge in [0.15, 0.2) is 0 Å². The molecular weight excluding hydrogens is 248 g/mol. The predicted molar refractivity (Wildman–Crippen MR) is 81.6 cm³/mol. The van der Waals surface area contributed by atoms with Crippen LogP contribution in [-0.4, -0.2) is 39.1 Å². The molecule has 2 unspecified atom stereocenters. The van der Waals surface area contributed by atoms with Crippen molar-refractivity contribution in [2.75, 3.05) is 6.54 Å². The van der Waals surface area contributed by atoms with Crippen molar-refractivity contribution < 1.29 is 0 Å². The first-order chi connectivity index (χ1) is 9.80. The van der Waals surface area contributed by atoms with E-state index in [1.807, 2.05) is 12.5 Å². The van der Waals surface area contributed by atoms with Gasteiger partial charge in [-0.3, -0.25) is 4.90 Å². The van der Waals surface area contributed by atoms with Crippen LogP contribution in [0.5, 0.6) is 0 Å². The molecule has 1 aromatic rings. The molecule has 0 spiro atoms. The molecule has 0 radical (unpaired) electrons. The number of hydrogen-bond acceptors (Lipinski definition) is 3. The highest BCUT2D eigenvalue weighted by atomic mass is 15.2. The normalized spacial score (nSPS) is 29.2. The Morgan fingerprint density at radius 1 is 1.30 bits per heavy atom. The largest absolute Gasteiger partial charge is 0.334 e. The molecule has 0 aliphatic carbocycles. The fraction of sp³-hybridized carbons (Fsp3) is 0.812. The maximum absolute atomic E-state index is 4.32. The van der Waals surface area contributed by atoms with Crippen LogP contribution in [0.3, 0.4) is 0 Å². The zero-order chi connectivity index (χ0) is 13.9. The highest BCUT2D eigenvalue weighted by Gasteiger charge is 2.35. The average molecular weight is 276 g/mol. The molecule has 2 fully saturated rings. The van der Waals surface area contributed by atoms with Gasteiger partial charge in [0.2, 0.25) is 0 Å². The summed E-state index contributed by atoms with van der Waals surface area (Å²) in [6.07, 6.45) is 10.7. The topological polar surface area (TPSA) is 33.1 Å². The molecule has 3 heterocycles. The van der Waals surface area contributed by atoms with Gasteiger partial charge < -0.3 is 9.88 Å². The van der Waals surface area contributed by atoms with E-state index in [4.69, 9.17) is 0 Å². The van der Waals surface area contributed by atoms with Gasteiger partial charge in [-0.1, -0.05) is 6.92 Å². The van der Waals surface area contributed by atoms with Gasteiger partial charge in [-0.05, 0) is 45.6 Å². The average Bonchev–Trinajstić information content (AvgIpc) is 3.04. The van der Waals surface area contributed by atoms with Crippen LogP contribution in [0.4, 0.5) is 0 Å². The van der Waals surface area contributed by atoms with Crippen LogP contribution in [-0.2, 0) is 13.1 Å². The first kappa shape index (κ1) is 14.1. The third kappa shape index (κ3) is 2.91. The summed E-state index contributed by atoms with van der Waals surface area (Å²) in [6, 6.07) is 2.30. The number of nitrogens with one attached hydrogen (secondary N) is 1. The number of aromatic nitrogens is 2. The fourth-order valence-electron chi connectivity index (χ4n) is 3.98. The molecular formula is C16H28N4. The van der Waals surface area contributed by atoms with E-state index in [1.165, 1.54) is 44.3 Å². The van der Waals surface area contributed by atoms with Gasteiger partial charge in [0.1, 0.15) is 0 Å². The minimum absolute atomic E-state index is 0.758. The molecule has 20 heavy (non-hydrogen) atoms. The lowest BCUT2D eigenvalue weighted by atomic mass is 9.97. The standard InChI is InChI=1S/C16H28N4/c1-3-7-20(11-16-10-17-12-19(16)4-2)15-8-13-5-6-14(9-15)18-13/h10,12-15,18H,3-9,11H2,1-2H3. The SMILES string of the molecule is CCCN(Cc1cncn1CC)C1CC2CCC(C1)N2. The molecule has 3 rings (SSSR count). The van der Waals surface area contributed by atoms with Crippen molar-refractivity contribution >= 4 is 0 Å². The van der Waals surface area contributed by atoms with Crippen molar-refractivity contribution in [2.45, 2.75) is 77.2 Å². The van der Waals surface area contributed by atoms with Gasteiger partial charge in [-0.25, -0.2) is 4.98 Å². The summed E-state index contributed by atoms with van der Waals surface area (Å²) in [6.45, 7) is 7.78. The van der Waals surface area contributed by atoms with Crippen LogP contribution in [0.15, 0.2) is 12.5 Å². The van der Waals surface area contributed by atoms with Gasteiger partial charge in [-0.15, -0.1) is 0 Å². The second kappa shape index (κ2) is 6.27. The summed E-state index contributed by atoms with van der Waals surface area (Å²) in [5.74, 6) is 0. The Kier molecular flexibility index (Phi) is 4.41. The molecule has 112 valence electrons. The molecule has 0 saturated carbocycles. The van der Waals surface area contributed by atoms with Crippen molar-refractivity contribution in [1.82, 2.24) is 19.8 Å². The van der Waals surface area contributed by atoms with Crippen LogP contribution in [0.1, 0.15) is 51.6 Å². The van der Waals surface area contributed by atoms with Gasteiger partial charge in [0, 0.05) is 37.4 Å². The number of imidazole rings is 1. The minimum atomic E-state index is 0.758. The molecule has 2 aliphatic heterocycles.